The summed E-state index contributed by atoms with van der Waals surface area (Å²) in [5.41, 5.74) is -0.0912. The van der Waals surface area contributed by atoms with E-state index >= 15 is 0 Å². The zero-order valence-corrected chi connectivity index (χ0v) is 14.2. The zero-order valence-electron chi connectivity index (χ0n) is 14.2. The Bertz CT molecular complexity index is 579. The van der Waals surface area contributed by atoms with E-state index in [0.29, 0.717) is 19.4 Å². The summed E-state index contributed by atoms with van der Waals surface area (Å²) in [6, 6.07) is 9.98. The van der Waals surface area contributed by atoms with Gasteiger partial charge >= 0.3 is 11.9 Å². The van der Waals surface area contributed by atoms with Gasteiger partial charge in [0.25, 0.3) is 0 Å². The normalized spacial score (nSPS) is 27.5. The van der Waals surface area contributed by atoms with Gasteiger partial charge in [-0.3, -0.25) is 9.59 Å². The highest BCUT2D eigenvalue weighted by Crippen LogP contribution is 2.56. The third-order valence-electron chi connectivity index (χ3n) is 5.14. The second-order valence-corrected chi connectivity index (χ2v) is 6.52. The Morgan fingerprint density at radius 2 is 1.71 bits per heavy atom. The first-order chi connectivity index (χ1) is 11.6. The molecule has 0 unspecified atom stereocenters. The Kier molecular flexibility index (Phi) is 4.90. The van der Waals surface area contributed by atoms with E-state index in [2.05, 4.69) is 0 Å². The quantitative estimate of drug-likeness (QED) is 0.613. The molecule has 0 spiro atoms. The van der Waals surface area contributed by atoms with E-state index in [9.17, 15) is 9.59 Å². The van der Waals surface area contributed by atoms with Crippen LogP contribution >= 0.6 is 0 Å². The van der Waals surface area contributed by atoms with E-state index in [1.807, 2.05) is 30.3 Å². The molecule has 3 rings (SSSR count). The largest absolute Gasteiger partial charge is 0.465 e. The van der Waals surface area contributed by atoms with Gasteiger partial charge in [-0.1, -0.05) is 30.3 Å². The van der Waals surface area contributed by atoms with Gasteiger partial charge < -0.3 is 14.2 Å². The number of hydrogen-bond acceptors (Lipinski definition) is 5. The summed E-state index contributed by atoms with van der Waals surface area (Å²) in [6.07, 6.45) is 0.787. The fourth-order valence-corrected chi connectivity index (χ4v) is 4.08. The number of ether oxygens (including phenoxy) is 3. The summed E-state index contributed by atoms with van der Waals surface area (Å²) >= 11 is 0. The first kappa shape index (κ1) is 17.0. The minimum atomic E-state index is -1.18. The molecule has 5 heteroatoms. The maximum Gasteiger partial charge on any atom is 0.323 e. The average molecular weight is 332 g/mol. The molecule has 2 fully saturated rings. The van der Waals surface area contributed by atoms with Crippen molar-refractivity contribution in [3.63, 3.8) is 0 Å². The molecule has 24 heavy (non-hydrogen) atoms. The fourth-order valence-electron chi connectivity index (χ4n) is 4.08. The number of hydrogen-bond donors (Lipinski definition) is 0. The summed E-state index contributed by atoms with van der Waals surface area (Å²) in [5.74, 6) is -0.612. The lowest BCUT2D eigenvalue weighted by Gasteiger charge is -2.26. The molecule has 0 aromatic heterocycles. The van der Waals surface area contributed by atoms with E-state index in [0.717, 1.165) is 5.56 Å². The van der Waals surface area contributed by atoms with Crippen LogP contribution in [0.25, 0.3) is 0 Å². The molecule has 5 nitrogen and oxygen atoms in total. The van der Waals surface area contributed by atoms with Crippen LogP contribution in [0.4, 0.5) is 0 Å². The van der Waals surface area contributed by atoms with Gasteiger partial charge in [0.2, 0.25) is 0 Å². The Morgan fingerprint density at radius 1 is 1.08 bits per heavy atom. The molecule has 1 saturated heterocycles. The monoisotopic (exact) mass is 332 g/mol. The van der Waals surface area contributed by atoms with Crippen molar-refractivity contribution in [3.8, 4) is 0 Å². The molecule has 1 saturated carbocycles. The second-order valence-electron chi connectivity index (χ2n) is 6.52. The predicted octanol–water partition coefficient (Wildman–Crippen LogP) is 2.90. The van der Waals surface area contributed by atoms with E-state index in [4.69, 9.17) is 14.2 Å². The molecular formula is C19H24O5. The smallest absolute Gasteiger partial charge is 0.323 e. The van der Waals surface area contributed by atoms with Crippen LogP contribution in [0.2, 0.25) is 0 Å². The van der Waals surface area contributed by atoms with Gasteiger partial charge in [-0.05, 0) is 44.1 Å². The molecule has 130 valence electrons. The molecule has 2 aliphatic rings. The van der Waals surface area contributed by atoms with Gasteiger partial charge in [0.05, 0.1) is 25.9 Å². The molecule has 0 amide bonds. The Morgan fingerprint density at radius 3 is 2.29 bits per heavy atom. The summed E-state index contributed by atoms with van der Waals surface area (Å²) < 4.78 is 16.4. The Balaban J connectivity index is 1.87. The van der Waals surface area contributed by atoms with E-state index in [1.54, 1.807) is 13.8 Å². The first-order valence-electron chi connectivity index (χ1n) is 8.63. The van der Waals surface area contributed by atoms with Crippen LogP contribution in [0.5, 0.6) is 0 Å². The highest BCUT2D eigenvalue weighted by molar-refractivity contribution is 6.00. The van der Waals surface area contributed by atoms with Crippen molar-refractivity contribution in [2.24, 2.45) is 17.3 Å². The van der Waals surface area contributed by atoms with Gasteiger partial charge in [0, 0.05) is 0 Å². The van der Waals surface area contributed by atoms with Crippen molar-refractivity contribution in [1.82, 2.24) is 0 Å². The fraction of sp³-hybridized carbons (Fsp3) is 0.579. The van der Waals surface area contributed by atoms with Gasteiger partial charge in [-0.15, -0.1) is 0 Å². The van der Waals surface area contributed by atoms with Gasteiger partial charge in [0.15, 0.2) is 5.41 Å². The Labute approximate surface area is 142 Å². The highest BCUT2D eigenvalue weighted by atomic mass is 16.6. The molecule has 3 atom stereocenters. The van der Waals surface area contributed by atoms with Gasteiger partial charge in [-0.25, -0.2) is 0 Å². The SMILES string of the molecule is CCOC(=O)C1(C(=O)OCC)C[C@H]2CO[C@H](c3ccccc3)[C@H]2C1. The molecule has 1 aromatic carbocycles. The zero-order chi connectivity index (χ0) is 17.2. The van der Waals surface area contributed by atoms with Crippen molar-refractivity contribution in [2.75, 3.05) is 19.8 Å². The maximum atomic E-state index is 12.6. The number of carbonyl (C=O) groups excluding carboxylic acids is 2. The third kappa shape index (κ3) is 2.81. The summed E-state index contributed by atoms with van der Waals surface area (Å²) in [7, 11) is 0. The topological polar surface area (TPSA) is 61.8 Å². The minimum Gasteiger partial charge on any atom is -0.465 e. The highest BCUT2D eigenvalue weighted by Gasteiger charge is 2.61. The molecule has 1 heterocycles. The van der Waals surface area contributed by atoms with Crippen LogP contribution in [0, 0.1) is 17.3 Å². The molecule has 0 bridgehead atoms. The molecular weight excluding hydrogens is 308 g/mol. The van der Waals surface area contributed by atoms with Crippen molar-refractivity contribution < 1.29 is 23.8 Å². The summed E-state index contributed by atoms with van der Waals surface area (Å²) in [5, 5.41) is 0. The Hall–Kier alpha value is -1.88. The van der Waals surface area contributed by atoms with Crippen molar-refractivity contribution in [1.29, 1.82) is 0 Å². The summed E-state index contributed by atoms with van der Waals surface area (Å²) in [6.45, 7) is 4.58. The first-order valence-corrected chi connectivity index (χ1v) is 8.63. The van der Waals surface area contributed by atoms with E-state index < -0.39 is 17.4 Å². The van der Waals surface area contributed by atoms with Crippen LogP contribution in [-0.4, -0.2) is 31.8 Å². The lowest BCUT2D eigenvalue weighted by atomic mass is 9.83. The van der Waals surface area contributed by atoms with Crippen molar-refractivity contribution in [3.05, 3.63) is 35.9 Å². The van der Waals surface area contributed by atoms with Crippen LogP contribution in [0.1, 0.15) is 38.4 Å². The molecule has 1 aliphatic heterocycles. The molecule has 1 aromatic rings. The lowest BCUT2D eigenvalue weighted by molar-refractivity contribution is -0.172. The molecule has 0 N–H and O–H groups in total. The number of rotatable bonds is 5. The number of esters is 2. The van der Waals surface area contributed by atoms with Crippen molar-refractivity contribution >= 4 is 11.9 Å². The number of carbonyl (C=O) groups is 2. The standard InChI is InChI=1S/C19H24O5/c1-3-22-17(20)19(18(21)23-4-2)10-14-12-24-16(15(14)11-19)13-8-6-5-7-9-13/h5-9,14-16H,3-4,10-12H2,1-2H3/t14-,15-,16+/m0/s1. The van der Waals surface area contributed by atoms with Gasteiger partial charge in [-0.2, -0.15) is 0 Å². The van der Waals surface area contributed by atoms with Crippen LogP contribution < -0.4 is 0 Å². The number of benzene rings is 1. The predicted molar refractivity (Wildman–Crippen MR) is 87.0 cm³/mol. The average Bonchev–Trinajstić information content (AvgIpc) is 3.14. The molecule has 0 radical (unpaired) electrons. The van der Waals surface area contributed by atoms with E-state index in [-0.39, 0.29) is 31.2 Å². The van der Waals surface area contributed by atoms with Crippen LogP contribution in [-0.2, 0) is 23.8 Å². The molecule has 1 aliphatic carbocycles. The maximum absolute atomic E-state index is 12.6. The van der Waals surface area contributed by atoms with Crippen LogP contribution in [0.3, 0.4) is 0 Å². The van der Waals surface area contributed by atoms with Crippen molar-refractivity contribution in [2.45, 2.75) is 32.8 Å². The summed E-state index contributed by atoms with van der Waals surface area (Å²) in [4.78, 5) is 25.2. The van der Waals surface area contributed by atoms with Crippen LogP contribution in [0.15, 0.2) is 30.3 Å². The van der Waals surface area contributed by atoms with Gasteiger partial charge in [0.1, 0.15) is 0 Å². The lowest BCUT2D eigenvalue weighted by Crippen LogP contribution is -2.41. The second kappa shape index (κ2) is 6.93. The third-order valence-corrected chi connectivity index (χ3v) is 5.14. The number of fused-ring (bicyclic) bond motifs is 1. The van der Waals surface area contributed by atoms with E-state index in [1.165, 1.54) is 0 Å². The minimum absolute atomic E-state index is 0.0815.